The predicted molar refractivity (Wildman–Crippen MR) is 211 cm³/mol. The van der Waals surface area contributed by atoms with Gasteiger partial charge in [-0.05, 0) is 64.2 Å². The Morgan fingerprint density at radius 1 is 0.984 bits per heavy atom. The molecule has 2 saturated carbocycles. The average Bonchev–Trinajstić information content (AvgIpc) is 4.12. The molecular weight excluding hydrogens is 871 g/mol. The summed E-state index contributed by atoms with van der Waals surface area (Å²) in [5.74, 6) is -5.22. The highest BCUT2D eigenvalue weighted by molar-refractivity contribution is 7.91. The summed E-state index contributed by atoms with van der Waals surface area (Å²) in [6, 6.07) is -0.665. The summed E-state index contributed by atoms with van der Waals surface area (Å²) in [6.07, 6.45) is -6.99. The van der Waals surface area contributed by atoms with Crippen molar-refractivity contribution in [3.05, 3.63) is 30.0 Å². The number of fused-ring (bicyclic) bond motifs is 3. The molecule has 3 N–H and O–H groups in total. The van der Waals surface area contributed by atoms with Crippen molar-refractivity contribution in [3.8, 4) is 17.4 Å². The summed E-state index contributed by atoms with van der Waals surface area (Å²) in [5.41, 5.74) is -6.43. The lowest BCUT2D eigenvalue weighted by Crippen LogP contribution is -2.59. The number of halogens is 6. The van der Waals surface area contributed by atoms with Gasteiger partial charge in [-0.1, -0.05) is 32.4 Å². The fraction of sp³-hybridized carbons (Fsp3) is 0.650. The molecule has 23 heteroatoms. The maximum absolute atomic E-state index is 14.9. The lowest BCUT2D eigenvalue weighted by molar-refractivity contribution is -0.244. The Kier molecular flexibility index (Phi) is 13.1. The van der Waals surface area contributed by atoms with Crippen LogP contribution in [-0.4, -0.2) is 109 Å². The van der Waals surface area contributed by atoms with Gasteiger partial charge in [0.2, 0.25) is 39.0 Å². The average molecular weight is 921 g/mol. The fourth-order valence-corrected chi connectivity index (χ4v) is 9.33. The molecular formula is C40H50F6N6O10S. The molecule has 3 fully saturated rings. The quantitative estimate of drug-likeness (QED) is 0.204. The molecule has 4 amide bonds. The molecule has 1 aromatic heterocycles. The Hall–Kier alpha value is -5.09. The summed E-state index contributed by atoms with van der Waals surface area (Å²) in [4.78, 5) is 65.2. The number of allylic oxidation sites excluding steroid dienone is 1. The van der Waals surface area contributed by atoms with Gasteiger partial charge in [-0.15, -0.1) is 0 Å². The maximum atomic E-state index is 14.9. The van der Waals surface area contributed by atoms with Crippen LogP contribution in [-0.2, 0) is 35.3 Å². The van der Waals surface area contributed by atoms with Gasteiger partial charge in [-0.25, -0.2) is 23.2 Å². The minimum Gasteiger partial charge on any atom is -0.493 e. The number of aromatic nitrogens is 2. The number of carbonyl (C=O) groups is 4. The molecule has 16 nitrogen and oxygen atoms in total. The van der Waals surface area contributed by atoms with E-state index < -0.39 is 111 Å². The highest BCUT2D eigenvalue weighted by atomic mass is 32.2. The molecule has 3 heterocycles. The molecule has 0 spiro atoms. The molecule has 6 rings (SSSR count). The first kappa shape index (κ1) is 47.4. The van der Waals surface area contributed by atoms with E-state index in [1.807, 2.05) is 13.0 Å². The number of amides is 4. The van der Waals surface area contributed by atoms with Crippen LogP contribution < -0.4 is 29.6 Å². The predicted octanol–water partition coefficient (Wildman–Crippen LogP) is 5.34. The Balaban J connectivity index is 1.39. The van der Waals surface area contributed by atoms with E-state index in [4.69, 9.17) is 18.9 Å². The van der Waals surface area contributed by atoms with Crippen molar-refractivity contribution in [2.45, 2.75) is 126 Å². The van der Waals surface area contributed by atoms with E-state index in [0.717, 1.165) is 18.1 Å². The van der Waals surface area contributed by atoms with Crippen molar-refractivity contribution in [3.63, 3.8) is 0 Å². The third kappa shape index (κ3) is 10.2. The fourth-order valence-electron chi connectivity index (χ4n) is 7.97. The van der Waals surface area contributed by atoms with Gasteiger partial charge in [-0.2, -0.15) is 26.3 Å². The van der Waals surface area contributed by atoms with Crippen molar-refractivity contribution in [2.75, 3.05) is 20.8 Å². The standard InChI is InChI=1S/C40H50F6N6O10S/c1-7-21-14-20(2)10-8-9-11-22-18-38(22,35(55)51-63(57,58)24-12-13-24)50-32(53)27-15-23(19-52(27)34(54)30(21)49-36(56)62-37(3,4)40(44,45)46)61-29-17-26-25(16-28(29)59-5)47-31(39(41,42)43)33(48-26)60-6/h9,11,16-17,20-24,27,30H,7-8,10,12-15,18-19H2,1-6H3,(H,49,56)(H,50,53)(H,51,55)/b11-9-/t20-,21-,22-,23-,27+,30+,38-/m1/s1. The van der Waals surface area contributed by atoms with Crippen LogP contribution in [0.5, 0.6) is 17.4 Å². The first-order valence-electron chi connectivity index (χ1n) is 20.4. The van der Waals surface area contributed by atoms with E-state index in [1.54, 1.807) is 13.0 Å². The number of carbonyl (C=O) groups excluding carboxylic acids is 4. The second-order valence-electron chi connectivity index (χ2n) is 17.0. The number of hydrogen-bond acceptors (Lipinski definition) is 12. The van der Waals surface area contributed by atoms with Gasteiger partial charge in [0, 0.05) is 24.5 Å². The normalized spacial score (nSPS) is 27.8. The number of hydrogen-bond donors (Lipinski definition) is 3. The van der Waals surface area contributed by atoms with Crippen LogP contribution in [0.25, 0.3) is 11.0 Å². The number of nitrogens with zero attached hydrogens (tertiary/aromatic N) is 3. The van der Waals surface area contributed by atoms with Gasteiger partial charge in [0.15, 0.2) is 11.5 Å². The van der Waals surface area contributed by atoms with Gasteiger partial charge < -0.3 is 34.5 Å². The molecule has 4 aliphatic rings. The van der Waals surface area contributed by atoms with Crippen LogP contribution >= 0.6 is 0 Å². The second-order valence-corrected chi connectivity index (χ2v) is 19.0. The molecule has 0 unspecified atom stereocenters. The first-order valence-corrected chi connectivity index (χ1v) is 22.0. The summed E-state index contributed by atoms with van der Waals surface area (Å²) >= 11 is 0. The molecule has 348 valence electrons. The number of methoxy groups -OCH3 is 2. The number of benzene rings is 1. The molecule has 1 saturated heterocycles. The summed E-state index contributed by atoms with van der Waals surface area (Å²) in [5, 5.41) is 4.30. The first-order chi connectivity index (χ1) is 29.3. The zero-order valence-electron chi connectivity index (χ0n) is 35.3. The van der Waals surface area contributed by atoms with E-state index in [0.29, 0.717) is 46.0 Å². The van der Waals surface area contributed by atoms with Gasteiger partial charge in [0.05, 0.1) is 37.0 Å². The smallest absolute Gasteiger partial charge is 0.438 e. The van der Waals surface area contributed by atoms with E-state index in [9.17, 15) is 53.9 Å². The van der Waals surface area contributed by atoms with E-state index in [1.165, 1.54) is 13.2 Å². The monoisotopic (exact) mass is 920 g/mol. The Labute approximate surface area is 359 Å². The molecule has 2 aliphatic heterocycles. The van der Waals surface area contributed by atoms with Crippen LogP contribution in [0.2, 0.25) is 0 Å². The van der Waals surface area contributed by atoms with Crippen molar-refractivity contribution < 1.29 is 72.9 Å². The van der Waals surface area contributed by atoms with Gasteiger partial charge in [-0.3, -0.25) is 19.1 Å². The lowest BCUT2D eigenvalue weighted by atomic mass is 9.85. The van der Waals surface area contributed by atoms with Crippen LogP contribution in [0, 0.1) is 17.8 Å². The Morgan fingerprint density at radius 2 is 1.65 bits per heavy atom. The molecule has 1 aromatic carbocycles. The number of ether oxygens (including phenoxy) is 4. The SMILES string of the molecule is CC[C@@H]1C[C@H](C)CC/C=C\[C@@H]2C[C@@]2(C(=O)NS(=O)(=O)C2CC2)NC(=O)[C@@H]2C[C@@H](Oc3cc4nc(OC)c(C(F)(F)F)nc4cc3OC)CN2C(=O)[C@H]1NC(=O)OC(C)(C)C(F)(F)F. The molecule has 2 aromatic rings. The van der Waals surface area contributed by atoms with E-state index >= 15 is 0 Å². The summed E-state index contributed by atoms with van der Waals surface area (Å²) in [6.45, 7) is 4.52. The molecule has 2 aliphatic carbocycles. The molecule has 7 atom stereocenters. The van der Waals surface area contributed by atoms with Crippen LogP contribution in [0.3, 0.4) is 0 Å². The summed E-state index contributed by atoms with van der Waals surface area (Å²) in [7, 11) is -1.87. The van der Waals surface area contributed by atoms with Gasteiger partial charge >= 0.3 is 18.4 Å². The number of alkyl carbamates (subject to hydrolysis) is 1. The van der Waals surface area contributed by atoms with Gasteiger partial charge in [0.25, 0.3) is 5.91 Å². The zero-order valence-corrected chi connectivity index (χ0v) is 36.1. The largest absolute Gasteiger partial charge is 0.493 e. The Bertz CT molecular complexity index is 2250. The van der Waals surface area contributed by atoms with Crippen molar-refractivity contribution >= 4 is 44.9 Å². The third-order valence-electron chi connectivity index (χ3n) is 12.0. The molecule has 63 heavy (non-hydrogen) atoms. The van der Waals surface area contributed by atoms with E-state index in [-0.39, 0.29) is 47.7 Å². The maximum Gasteiger partial charge on any atom is 0.438 e. The highest BCUT2D eigenvalue weighted by Crippen LogP contribution is 2.47. The molecule has 0 radical (unpaired) electrons. The third-order valence-corrected chi connectivity index (χ3v) is 13.8. The summed E-state index contributed by atoms with van der Waals surface area (Å²) < 4.78 is 132. The lowest BCUT2D eigenvalue weighted by Gasteiger charge is -2.35. The number of sulfonamides is 1. The number of rotatable bonds is 10. The van der Waals surface area contributed by atoms with Crippen molar-refractivity contribution in [2.24, 2.45) is 17.8 Å². The molecule has 0 bridgehead atoms. The second kappa shape index (κ2) is 17.5. The Morgan fingerprint density at radius 3 is 2.25 bits per heavy atom. The van der Waals surface area contributed by atoms with Gasteiger partial charge in [0.1, 0.15) is 23.7 Å². The van der Waals surface area contributed by atoms with E-state index in [2.05, 4.69) is 25.3 Å². The highest BCUT2D eigenvalue weighted by Gasteiger charge is 2.62. The number of alkyl halides is 6. The van der Waals surface area contributed by atoms with Crippen LogP contribution in [0.15, 0.2) is 24.3 Å². The minimum absolute atomic E-state index is 0.0230. The van der Waals surface area contributed by atoms with Crippen molar-refractivity contribution in [1.29, 1.82) is 0 Å². The zero-order chi connectivity index (χ0) is 46.4. The topological polar surface area (TPSA) is 204 Å². The minimum atomic E-state index is -4.98. The van der Waals surface area contributed by atoms with Crippen molar-refractivity contribution in [1.82, 2.24) is 30.2 Å². The van der Waals surface area contributed by atoms with Crippen LogP contribution in [0.1, 0.15) is 84.8 Å². The van der Waals surface area contributed by atoms with Crippen LogP contribution in [0.4, 0.5) is 31.1 Å². The number of nitrogens with one attached hydrogen (secondary N) is 3.